The number of hydrogen-bond acceptors (Lipinski definition) is 10. The van der Waals surface area contributed by atoms with Crippen LogP contribution >= 0.6 is 23.1 Å². The van der Waals surface area contributed by atoms with Crippen LogP contribution in [0.5, 0.6) is 17.2 Å². The average molecular weight is 662 g/mol. The normalized spacial score (nSPS) is 18.5. The van der Waals surface area contributed by atoms with Crippen LogP contribution in [0.3, 0.4) is 0 Å². The van der Waals surface area contributed by atoms with E-state index in [0.717, 1.165) is 29.1 Å². The van der Waals surface area contributed by atoms with E-state index in [4.69, 9.17) is 14.2 Å². The summed E-state index contributed by atoms with van der Waals surface area (Å²) in [6, 6.07) is 15.9. The number of carbonyl (C=O) groups excluding carboxylic acids is 2. The fourth-order valence-electron chi connectivity index (χ4n) is 5.48. The van der Waals surface area contributed by atoms with Crippen LogP contribution in [-0.4, -0.2) is 46.3 Å². The maximum Gasteiger partial charge on any atom is 0.301 e. The molecule has 1 fully saturated rings. The van der Waals surface area contributed by atoms with Crippen LogP contribution in [-0.2, 0) is 21.8 Å². The second kappa shape index (κ2) is 13.5. The highest BCUT2D eigenvalue weighted by Gasteiger charge is 2.48. The van der Waals surface area contributed by atoms with E-state index in [1.165, 1.54) is 22.7 Å². The Balaban J connectivity index is 1.43. The summed E-state index contributed by atoms with van der Waals surface area (Å²) in [6.45, 7) is 6.65. The minimum absolute atomic E-state index is 0.00810. The number of Topliss-reactive ketones (excluding diaryl/α,β-unsaturated/α-hetero) is 1. The van der Waals surface area contributed by atoms with Gasteiger partial charge in [-0.05, 0) is 73.4 Å². The topological polar surface area (TPSA) is 111 Å². The Bertz CT molecular complexity index is 1830. The monoisotopic (exact) mass is 661 g/mol. The van der Waals surface area contributed by atoms with E-state index in [0.29, 0.717) is 57.9 Å². The lowest BCUT2D eigenvalue weighted by Gasteiger charge is -2.23. The van der Waals surface area contributed by atoms with Gasteiger partial charge in [-0.2, -0.15) is 0 Å². The molecule has 3 aromatic carbocycles. The van der Waals surface area contributed by atoms with Gasteiger partial charge in [0.05, 0.1) is 24.8 Å². The van der Waals surface area contributed by atoms with Crippen LogP contribution in [0.15, 0.2) is 70.6 Å². The van der Waals surface area contributed by atoms with Crippen molar-refractivity contribution in [2.45, 2.75) is 55.9 Å². The van der Waals surface area contributed by atoms with Crippen LogP contribution in [0.1, 0.15) is 55.5 Å². The minimum atomic E-state index is -1.04. The Labute approximate surface area is 274 Å². The molecule has 1 amide bonds. The number of thioether (sulfide) groups is 1. The lowest BCUT2D eigenvalue weighted by molar-refractivity contribution is -0.132. The molecule has 3 heterocycles. The number of benzene rings is 3. The molecule has 1 N–H and O–H groups in total. The fourth-order valence-corrected chi connectivity index (χ4v) is 7.33. The van der Waals surface area contributed by atoms with Gasteiger partial charge in [0.1, 0.15) is 23.4 Å². The molecule has 0 spiro atoms. The number of aromatic nitrogens is 2. The number of fused-ring (bicyclic) bond motifs is 1. The third kappa shape index (κ3) is 6.19. The molecular formula is C34H32FN3O6S2. The van der Waals surface area contributed by atoms with Gasteiger partial charge in [0, 0.05) is 17.7 Å². The molecule has 2 atom stereocenters. The predicted molar refractivity (Wildman–Crippen MR) is 174 cm³/mol. The largest absolute Gasteiger partial charge is 0.507 e. The number of halogens is 1. The zero-order valence-corrected chi connectivity index (χ0v) is 27.1. The SMILES string of the molecule is CCCOc1ccc([C@H]2/C(=C(\O)c3ccc4c(c3)C[C@H](C)O4)C(=O)C(=O)N2c2nnc(SCc3ccccc3F)s2)cc1OCC. The zero-order chi connectivity index (χ0) is 32.4. The summed E-state index contributed by atoms with van der Waals surface area (Å²) in [7, 11) is 0. The van der Waals surface area contributed by atoms with Gasteiger partial charge in [-0.1, -0.05) is 54.3 Å². The Hall–Kier alpha value is -4.42. The number of hydrogen-bond donors (Lipinski definition) is 1. The van der Waals surface area contributed by atoms with E-state index in [2.05, 4.69) is 10.2 Å². The van der Waals surface area contributed by atoms with Gasteiger partial charge in [0.25, 0.3) is 5.78 Å². The Morgan fingerprint density at radius 1 is 1.09 bits per heavy atom. The molecule has 2 aliphatic heterocycles. The standard InChI is InChI=1S/C34H32FN3O6S2/c1-4-14-43-26-13-10-20(17-27(26)42-5-2)29-28(30(39)21-11-12-25-23(16-21)15-19(3)44-25)31(40)32(41)38(29)33-36-37-34(46-33)45-18-22-8-6-7-9-24(22)35/h6-13,16-17,19,29,39H,4-5,14-15,18H2,1-3H3/b30-28+/t19-,29-/m0/s1. The summed E-state index contributed by atoms with van der Waals surface area (Å²) in [5.74, 6) is -0.337. The van der Waals surface area contributed by atoms with Crippen LogP contribution in [0, 0.1) is 5.82 Å². The lowest BCUT2D eigenvalue weighted by Crippen LogP contribution is -2.29. The first kappa shape index (κ1) is 31.6. The molecule has 12 heteroatoms. The number of anilines is 1. The van der Waals surface area contributed by atoms with Gasteiger partial charge in [-0.25, -0.2) is 4.39 Å². The molecule has 2 aliphatic rings. The molecule has 0 saturated carbocycles. The van der Waals surface area contributed by atoms with E-state index in [1.54, 1.807) is 54.6 Å². The Kier molecular flexibility index (Phi) is 9.27. The van der Waals surface area contributed by atoms with Crippen molar-refractivity contribution < 1.29 is 33.3 Å². The molecule has 238 valence electrons. The third-order valence-corrected chi connectivity index (χ3v) is 9.67. The number of carbonyl (C=O) groups is 2. The molecular weight excluding hydrogens is 630 g/mol. The van der Waals surface area contributed by atoms with Gasteiger partial charge in [-0.15, -0.1) is 10.2 Å². The molecule has 0 bridgehead atoms. The first-order chi connectivity index (χ1) is 22.3. The smallest absolute Gasteiger partial charge is 0.301 e. The zero-order valence-electron chi connectivity index (χ0n) is 25.5. The summed E-state index contributed by atoms with van der Waals surface area (Å²) in [5, 5.41) is 20.4. The maximum atomic E-state index is 14.2. The van der Waals surface area contributed by atoms with Crippen molar-refractivity contribution in [2.24, 2.45) is 0 Å². The summed E-state index contributed by atoms with van der Waals surface area (Å²) in [4.78, 5) is 28.8. The number of ether oxygens (including phenoxy) is 3. The lowest BCUT2D eigenvalue weighted by atomic mass is 9.94. The molecule has 9 nitrogen and oxygen atoms in total. The average Bonchev–Trinajstić information content (AvgIpc) is 3.74. The summed E-state index contributed by atoms with van der Waals surface area (Å²) >= 11 is 2.38. The maximum absolute atomic E-state index is 14.2. The highest BCUT2D eigenvalue weighted by molar-refractivity contribution is 8.00. The molecule has 0 aliphatic carbocycles. The number of ketones is 1. The molecule has 4 aromatic rings. The van der Waals surface area contributed by atoms with Gasteiger partial charge in [0.15, 0.2) is 15.8 Å². The van der Waals surface area contributed by atoms with Crippen LogP contribution in [0.4, 0.5) is 9.52 Å². The van der Waals surface area contributed by atoms with Crippen molar-refractivity contribution in [3.63, 3.8) is 0 Å². The number of amides is 1. The Morgan fingerprint density at radius 2 is 1.91 bits per heavy atom. The van der Waals surface area contributed by atoms with E-state index in [9.17, 15) is 19.1 Å². The van der Waals surface area contributed by atoms with Crippen molar-refractivity contribution in [3.05, 3.63) is 94.3 Å². The van der Waals surface area contributed by atoms with E-state index >= 15 is 0 Å². The van der Waals surface area contributed by atoms with Crippen LogP contribution in [0.2, 0.25) is 0 Å². The van der Waals surface area contributed by atoms with Gasteiger partial charge >= 0.3 is 5.91 Å². The summed E-state index contributed by atoms with van der Waals surface area (Å²) < 4.78 is 32.3. The van der Waals surface area contributed by atoms with Crippen molar-refractivity contribution in [1.29, 1.82) is 0 Å². The summed E-state index contributed by atoms with van der Waals surface area (Å²) in [5.41, 5.74) is 2.23. The van der Waals surface area contributed by atoms with Crippen molar-refractivity contribution >= 4 is 45.7 Å². The highest BCUT2D eigenvalue weighted by Crippen LogP contribution is 2.46. The second-order valence-electron chi connectivity index (χ2n) is 10.8. The minimum Gasteiger partial charge on any atom is -0.507 e. The number of nitrogens with zero attached hydrogens (tertiary/aromatic N) is 3. The summed E-state index contributed by atoms with van der Waals surface area (Å²) in [6.07, 6.45) is 1.45. The number of rotatable bonds is 11. The molecule has 0 radical (unpaired) electrons. The van der Waals surface area contributed by atoms with E-state index in [1.807, 2.05) is 20.8 Å². The van der Waals surface area contributed by atoms with Crippen molar-refractivity contribution in [1.82, 2.24) is 10.2 Å². The van der Waals surface area contributed by atoms with Gasteiger partial charge < -0.3 is 19.3 Å². The highest BCUT2D eigenvalue weighted by atomic mass is 32.2. The molecule has 1 aromatic heterocycles. The Morgan fingerprint density at radius 3 is 2.70 bits per heavy atom. The molecule has 46 heavy (non-hydrogen) atoms. The predicted octanol–water partition coefficient (Wildman–Crippen LogP) is 7.11. The fraction of sp³-hybridized carbons (Fsp3) is 0.294. The first-order valence-electron chi connectivity index (χ1n) is 15.0. The quantitative estimate of drug-likeness (QED) is 0.0591. The third-order valence-electron chi connectivity index (χ3n) is 7.57. The van der Waals surface area contributed by atoms with Crippen LogP contribution in [0.25, 0.3) is 5.76 Å². The van der Waals surface area contributed by atoms with E-state index < -0.39 is 17.7 Å². The molecule has 0 unspecified atom stereocenters. The van der Waals surface area contributed by atoms with Crippen molar-refractivity contribution in [2.75, 3.05) is 18.1 Å². The molecule has 6 rings (SSSR count). The van der Waals surface area contributed by atoms with Gasteiger partial charge in [0.2, 0.25) is 5.13 Å². The van der Waals surface area contributed by atoms with Gasteiger partial charge in [-0.3, -0.25) is 14.5 Å². The number of aliphatic hydroxyl groups is 1. The molecule has 1 saturated heterocycles. The number of aliphatic hydroxyl groups excluding tert-OH is 1. The van der Waals surface area contributed by atoms with Crippen molar-refractivity contribution in [3.8, 4) is 17.2 Å². The first-order valence-corrected chi connectivity index (χ1v) is 16.8. The van der Waals surface area contributed by atoms with E-state index in [-0.39, 0.29) is 28.4 Å². The second-order valence-corrected chi connectivity index (χ2v) is 13.0. The van der Waals surface area contributed by atoms with Crippen LogP contribution < -0.4 is 19.1 Å².